The van der Waals surface area contributed by atoms with Crippen molar-refractivity contribution in [1.29, 1.82) is 0 Å². The van der Waals surface area contributed by atoms with E-state index in [2.05, 4.69) is 17.2 Å². The van der Waals surface area contributed by atoms with Crippen molar-refractivity contribution in [2.24, 2.45) is 4.99 Å². The van der Waals surface area contributed by atoms with Crippen LogP contribution in [0.25, 0.3) is 10.8 Å². The van der Waals surface area contributed by atoms with Crippen molar-refractivity contribution < 1.29 is 38.9 Å². The van der Waals surface area contributed by atoms with Gasteiger partial charge in [0.05, 0.1) is 20.6 Å². The van der Waals surface area contributed by atoms with Crippen molar-refractivity contribution in [2.45, 2.75) is 14.7 Å². The first-order chi connectivity index (χ1) is 11.2. The van der Waals surface area contributed by atoms with Gasteiger partial charge in [-0.25, -0.2) is 0 Å². The van der Waals surface area contributed by atoms with E-state index in [9.17, 15) is 29.8 Å². The van der Waals surface area contributed by atoms with Crippen molar-refractivity contribution in [3.63, 3.8) is 0 Å². The predicted octanol–water partition coefficient (Wildman–Crippen LogP) is 0.666. The Morgan fingerprint density at radius 3 is 1.65 bits per heavy atom. The molecule has 0 saturated carbocycles. The molecule has 0 aromatic heterocycles. The topological polar surface area (TPSA) is 175 Å². The molecule has 0 unspecified atom stereocenters. The molecule has 0 spiro atoms. The van der Waals surface area contributed by atoms with E-state index in [1.54, 1.807) is 0 Å². The number of benzene rings is 2. The Morgan fingerprint density at radius 1 is 0.808 bits per heavy atom. The summed E-state index contributed by atoms with van der Waals surface area (Å²) in [6.45, 7) is 0. The quantitative estimate of drug-likeness (QED) is 0.260. The van der Waals surface area contributed by atoms with Gasteiger partial charge in [-0.3, -0.25) is 13.7 Å². The third kappa shape index (κ3) is 4.94. The molecule has 0 heterocycles. The number of isothiocyanates is 1. The molecule has 2 aromatic rings. The standard InChI is InChI=1S/C11H7NO9S4.Na.H/c13-23(14,15)7-1-6-2-8(24(16,17)18)4-10(25(19,20)21)11(6)9(3-7)12-5-22;;/h1-4H,(H,13,14,15)(H,16,17,18)(H,19,20,21);;. The SMILES string of the molecule is O=S(=O)(O)c1cc(N=C=S)c2c(S(=O)(=O)O)cc(S(=O)(=O)O)cc2c1.[NaH]. The molecule has 0 aliphatic heterocycles. The first kappa shape index (κ1) is 23.3. The molecular weight excluding hydrogens is 441 g/mol. The van der Waals surface area contributed by atoms with Gasteiger partial charge in [0, 0.05) is 5.39 Å². The van der Waals surface area contributed by atoms with Gasteiger partial charge in [-0.1, -0.05) is 0 Å². The first-order valence-electron chi connectivity index (χ1n) is 5.87. The number of hydrogen-bond acceptors (Lipinski definition) is 8. The van der Waals surface area contributed by atoms with Crippen LogP contribution in [0.5, 0.6) is 0 Å². The van der Waals surface area contributed by atoms with Crippen LogP contribution in [0.2, 0.25) is 0 Å². The van der Waals surface area contributed by atoms with E-state index in [0.29, 0.717) is 6.07 Å². The van der Waals surface area contributed by atoms with Crippen molar-refractivity contribution in [3.8, 4) is 0 Å². The summed E-state index contributed by atoms with van der Waals surface area (Å²) in [6, 6.07) is 2.67. The molecule has 0 atom stereocenters. The molecule has 3 N–H and O–H groups in total. The molecule has 0 aliphatic carbocycles. The fourth-order valence-corrected chi connectivity index (χ4v) is 4.05. The van der Waals surface area contributed by atoms with Crippen LogP contribution in [0.15, 0.2) is 43.9 Å². The number of rotatable bonds is 4. The summed E-state index contributed by atoms with van der Waals surface area (Å²) in [5, 5.41) is 1.10. The van der Waals surface area contributed by atoms with Gasteiger partial charge in [-0.05, 0) is 41.9 Å². The Labute approximate surface area is 175 Å². The number of hydrogen-bond donors (Lipinski definition) is 3. The zero-order chi connectivity index (χ0) is 19.2. The molecule has 2 aromatic carbocycles. The average Bonchev–Trinajstić information content (AvgIpc) is 2.43. The van der Waals surface area contributed by atoms with Gasteiger partial charge < -0.3 is 0 Å². The second-order valence-electron chi connectivity index (χ2n) is 4.59. The van der Waals surface area contributed by atoms with Crippen molar-refractivity contribution >= 4 is 93.8 Å². The van der Waals surface area contributed by atoms with Gasteiger partial charge >= 0.3 is 29.6 Å². The Balaban J connectivity index is 0.00000338. The van der Waals surface area contributed by atoms with Gasteiger partial charge in [-0.15, -0.1) is 0 Å². The van der Waals surface area contributed by atoms with Crippen LogP contribution in [0.4, 0.5) is 5.69 Å². The van der Waals surface area contributed by atoms with E-state index in [4.69, 9.17) is 9.11 Å². The molecule has 0 fully saturated rings. The fraction of sp³-hybridized carbons (Fsp3) is 0. The Morgan fingerprint density at radius 2 is 1.27 bits per heavy atom. The summed E-state index contributed by atoms with van der Waals surface area (Å²) >= 11 is 4.38. The molecule has 15 heteroatoms. The molecule has 0 amide bonds. The maximum atomic E-state index is 11.6. The van der Waals surface area contributed by atoms with Crippen LogP contribution in [-0.2, 0) is 30.4 Å². The Kier molecular flexibility index (Phi) is 6.88. The summed E-state index contributed by atoms with van der Waals surface area (Å²) in [7, 11) is -14.7. The van der Waals surface area contributed by atoms with Crippen LogP contribution < -0.4 is 0 Å². The van der Waals surface area contributed by atoms with Gasteiger partial charge in [0.1, 0.15) is 4.90 Å². The zero-order valence-corrected chi connectivity index (χ0v) is 14.9. The molecule has 0 aliphatic rings. The number of nitrogens with zero attached hydrogens (tertiary/aromatic N) is 1. The van der Waals surface area contributed by atoms with E-state index in [1.165, 1.54) is 0 Å². The molecule has 0 bridgehead atoms. The second-order valence-corrected chi connectivity index (χ2v) is 9.01. The van der Waals surface area contributed by atoms with Gasteiger partial charge in [0.2, 0.25) is 0 Å². The van der Waals surface area contributed by atoms with Gasteiger partial charge in [0.15, 0.2) is 0 Å². The zero-order valence-electron chi connectivity index (χ0n) is 11.7. The van der Waals surface area contributed by atoms with E-state index in [1.807, 2.05) is 5.16 Å². The first-order valence-corrected chi connectivity index (χ1v) is 10.6. The van der Waals surface area contributed by atoms with Crippen molar-refractivity contribution in [1.82, 2.24) is 0 Å². The molecule has 136 valence electrons. The summed E-state index contributed by atoms with van der Waals surface area (Å²) in [4.78, 5) is 0.823. The van der Waals surface area contributed by atoms with E-state index < -0.39 is 50.7 Å². The summed E-state index contributed by atoms with van der Waals surface area (Å²) in [6.07, 6.45) is 0. The number of aliphatic imine (C=N–C) groups is 1. The van der Waals surface area contributed by atoms with E-state index in [-0.39, 0.29) is 40.3 Å². The molecule has 10 nitrogen and oxygen atoms in total. The average molecular weight is 449 g/mol. The monoisotopic (exact) mass is 449 g/mol. The molecule has 0 radical (unpaired) electrons. The van der Waals surface area contributed by atoms with Crippen LogP contribution in [0, 0.1) is 0 Å². The minimum atomic E-state index is -5.01. The number of fused-ring (bicyclic) bond motifs is 1. The predicted molar refractivity (Wildman–Crippen MR) is 95.2 cm³/mol. The van der Waals surface area contributed by atoms with E-state index in [0.717, 1.165) is 18.2 Å². The van der Waals surface area contributed by atoms with Crippen LogP contribution in [-0.4, -0.2) is 73.6 Å². The van der Waals surface area contributed by atoms with E-state index >= 15 is 0 Å². The summed E-state index contributed by atoms with van der Waals surface area (Å²) in [5.74, 6) is 0. The summed E-state index contributed by atoms with van der Waals surface area (Å²) in [5.41, 5.74) is -0.422. The third-order valence-corrected chi connectivity index (χ3v) is 5.61. The Bertz CT molecular complexity index is 1260. The molecule has 2 rings (SSSR count). The molecular formula is C11H8NNaO9S4. The Hall–Kier alpha value is -0.770. The third-order valence-electron chi connectivity index (χ3n) is 2.98. The van der Waals surface area contributed by atoms with Gasteiger partial charge in [0.25, 0.3) is 30.4 Å². The normalized spacial score (nSPS) is 12.3. The maximum absolute atomic E-state index is 11.6. The van der Waals surface area contributed by atoms with Crippen LogP contribution >= 0.6 is 12.2 Å². The number of thiocarbonyl (C=S) groups is 1. The minimum absolute atomic E-state index is 0. The summed E-state index contributed by atoms with van der Waals surface area (Å²) < 4.78 is 96.1. The second kappa shape index (κ2) is 7.69. The molecule has 0 saturated heterocycles. The van der Waals surface area contributed by atoms with Crippen molar-refractivity contribution in [3.05, 3.63) is 24.3 Å². The fourth-order valence-electron chi connectivity index (χ4n) is 2.04. The molecule has 26 heavy (non-hydrogen) atoms. The van der Waals surface area contributed by atoms with Crippen LogP contribution in [0.1, 0.15) is 0 Å². The van der Waals surface area contributed by atoms with Crippen molar-refractivity contribution in [2.75, 3.05) is 0 Å². The van der Waals surface area contributed by atoms with Crippen LogP contribution in [0.3, 0.4) is 0 Å². The van der Waals surface area contributed by atoms with Gasteiger partial charge in [-0.2, -0.15) is 30.2 Å².